The van der Waals surface area contributed by atoms with Crippen LogP contribution < -0.4 is 10.0 Å². The zero-order valence-electron chi connectivity index (χ0n) is 13.2. The standard InChI is InChI=1S/C17H12F3N3O2S/c18-17(19,20)13-3-1-2-11(8-13)9-14-10-21-16(26-14)22-15(24)12-4-6-23(25)7-5-12/h1-8,10H,9H2,(H,21,22,24). The summed E-state index contributed by atoms with van der Waals surface area (Å²) in [6, 6.07) is 7.83. The van der Waals surface area contributed by atoms with Gasteiger partial charge in [0.05, 0.1) is 11.1 Å². The largest absolute Gasteiger partial charge is 0.619 e. The molecule has 0 aliphatic carbocycles. The molecule has 0 fully saturated rings. The molecular weight excluding hydrogens is 367 g/mol. The van der Waals surface area contributed by atoms with Gasteiger partial charge < -0.3 is 5.21 Å². The fourth-order valence-corrected chi connectivity index (χ4v) is 3.08. The number of aromatic nitrogens is 2. The number of benzene rings is 1. The van der Waals surface area contributed by atoms with Gasteiger partial charge in [0.15, 0.2) is 17.5 Å². The Kier molecular flexibility index (Phi) is 4.90. The molecule has 0 spiro atoms. The van der Waals surface area contributed by atoms with Crippen molar-refractivity contribution in [2.75, 3.05) is 5.32 Å². The van der Waals surface area contributed by atoms with Gasteiger partial charge in [-0.3, -0.25) is 10.1 Å². The van der Waals surface area contributed by atoms with E-state index in [2.05, 4.69) is 10.3 Å². The molecule has 0 bridgehead atoms. The average Bonchev–Trinajstić information content (AvgIpc) is 3.02. The van der Waals surface area contributed by atoms with Crippen molar-refractivity contribution in [3.05, 3.63) is 81.8 Å². The van der Waals surface area contributed by atoms with Gasteiger partial charge in [-0.05, 0) is 11.6 Å². The first-order valence-corrected chi connectivity index (χ1v) is 8.24. The van der Waals surface area contributed by atoms with Crippen LogP contribution in [0, 0.1) is 5.21 Å². The van der Waals surface area contributed by atoms with E-state index in [0.29, 0.717) is 25.9 Å². The Morgan fingerprint density at radius 2 is 1.96 bits per heavy atom. The molecule has 0 aliphatic heterocycles. The lowest BCUT2D eigenvalue weighted by Crippen LogP contribution is -2.25. The number of nitrogens with one attached hydrogen (secondary N) is 1. The average molecular weight is 379 g/mol. The fourth-order valence-electron chi connectivity index (χ4n) is 2.24. The molecule has 0 radical (unpaired) electrons. The molecule has 5 nitrogen and oxygen atoms in total. The molecule has 3 aromatic rings. The lowest BCUT2D eigenvalue weighted by Gasteiger charge is -2.07. The Morgan fingerprint density at radius 1 is 1.23 bits per heavy atom. The van der Waals surface area contributed by atoms with Crippen LogP contribution in [0.4, 0.5) is 18.3 Å². The number of anilines is 1. The van der Waals surface area contributed by atoms with Crippen molar-refractivity contribution in [1.29, 1.82) is 0 Å². The van der Waals surface area contributed by atoms with Gasteiger partial charge in [-0.25, -0.2) is 4.98 Å². The van der Waals surface area contributed by atoms with Gasteiger partial charge in [-0.1, -0.05) is 18.2 Å². The third kappa shape index (κ3) is 4.37. The van der Waals surface area contributed by atoms with E-state index in [0.717, 1.165) is 12.1 Å². The minimum absolute atomic E-state index is 0.277. The molecule has 1 amide bonds. The van der Waals surface area contributed by atoms with Crippen molar-refractivity contribution in [2.45, 2.75) is 12.6 Å². The van der Waals surface area contributed by atoms with Crippen LogP contribution in [0.1, 0.15) is 26.4 Å². The van der Waals surface area contributed by atoms with Crippen LogP contribution >= 0.6 is 11.3 Å². The van der Waals surface area contributed by atoms with Gasteiger partial charge in [0, 0.05) is 29.6 Å². The van der Waals surface area contributed by atoms with E-state index in [1.807, 2.05) is 0 Å². The number of pyridine rings is 1. The maximum Gasteiger partial charge on any atom is 0.416 e. The van der Waals surface area contributed by atoms with Gasteiger partial charge in [0.2, 0.25) is 0 Å². The van der Waals surface area contributed by atoms with E-state index in [1.165, 1.54) is 48.1 Å². The van der Waals surface area contributed by atoms with Crippen molar-refractivity contribution in [3.8, 4) is 0 Å². The summed E-state index contributed by atoms with van der Waals surface area (Å²) in [6.45, 7) is 0. The molecule has 9 heteroatoms. The quantitative estimate of drug-likeness (QED) is 0.556. The zero-order chi connectivity index (χ0) is 18.7. The molecular formula is C17H12F3N3O2S. The van der Waals surface area contributed by atoms with E-state index < -0.39 is 17.6 Å². The fraction of sp³-hybridized carbons (Fsp3) is 0.118. The van der Waals surface area contributed by atoms with E-state index in [-0.39, 0.29) is 6.42 Å². The topological polar surface area (TPSA) is 68.9 Å². The number of halogens is 3. The van der Waals surface area contributed by atoms with Gasteiger partial charge in [0.25, 0.3) is 5.91 Å². The molecule has 26 heavy (non-hydrogen) atoms. The Bertz CT molecular complexity index is 924. The number of alkyl halides is 3. The molecule has 2 aromatic heterocycles. The van der Waals surface area contributed by atoms with Crippen molar-refractivity contribution < 1.29 is 22.7 Å². The minimum atomic E-state index is -4.39. The molecule has 1 N–H and O–H groups in total. The van der Waals surface area contributed by atoms with Crippen molar-refractivity contribution in [1.82, 2.24) is 4.98 Å². The summed E-state index contributed by atoms with van der Waals surface area (Å²) >= 11 is 1.18. The van der Waals surface area contributed by atoms with E-state index >= 15 is 0 Å². The van der Waals surface area contributed by atoms with Gasteiger partial charge in [0.1, 0.15) is 0 Å². The lowest BCUT2D eigenvalue weighted by atomic mass is 10.1. The molecule has 0 saturated heterocycles. The molecule has 0 saturated carbocycles. The number of amides is 1. The highest BCUT2D eigenvalue weighted by molar-refractivity contribution is 7.15. The van der Waals surface area contributed by atoms with E-state index in [4.69, 9.17) is 0 Å². The van der Waals surface area contributed by atoms with Crippen LogP contribution in [0.2, 0.25) is 0 Å². The van der Waals surface area contributed by atoms with E-state index in [9.17, 15) is 23.2 Å². The van der Waals surface area contributed by atoms with Crippen molar-refractivity contribution >= 4 is 22.4 Å². The maximum atomic E-state index is 12.8. The highest BCUT2D eigenvalue weighted by Crippen LogP contribution is 2.30. The van der Waals surface area contributed by atoms with Crippen LogP contribution in [0.5, 0.6) is 0 Å². The smallest absolute Gasteiger partial charge is 0.416 e. The Labute approximate surface area is 150 Å². The molecule has 0 aliphatic rings. The van der Waals surface area contributed by atoms with Crippen LogP contribution in [0.15, 0.2) is 55.0 Å². The third-order valence-corrected chi connectivity index (χ3v) is 4.38. The summed E-state index contributed by atoms with van der Waals surface area (Å²) in [5, 5.41) is 13.9. The summed E-state index contributed by atoms with van der Waals surface area (Å²) in [5.41, 5.74) is 0.101. The minimum Gasteiger partial charge on any atom is -0.619 e. The predicted molar refractivity (Wildman–Crippen MR) is 89.7 cm³/mol. The van der Waals surface area contributed by atoms with Crippen LogP contribution in [0.3, 0.4) is 0 Å². The monoisotopic (exact) mass is 379 g/mol. The number of rotatable bonds is 4. The van der Waals surface area contributed by atoms with Gasteiger partial charge in [-0.15, -0.1) is 11.3 Å². The number of carbonyl (C=O) groups is 1. The first-order chi connectivity index (χ1) is 12.3. The van der Waals surface area contributed by atoms with Crippen molar-refractivity contribution in [3.63, 3.8) is 0 Å². The Morgan fingerprint density at radius 3 is 2.65 bits per heavy atom. The Balaban J connectivity index is 1.68. The Hall–Kier alpha value is -2.94. The normalized spacial score (nSPS) is 11.3. The molecule has 0 atom stereocenters. The number of nitrogens with zero attached hydrogens (tertiary/aromatic N) is 2. The van der Waals surface area contributed by atoms with Gasteiger partial charge in [-0.2, -0.15) is 17.9 Å². The first kappa shape index (κ1) is 17.9. The molecule has 1 aromatic carbocycles. The second kappa shape index (κ2) is 7.12. The summed E-state index contributed by atoms with van der Waals surface area (Å²) in [5.74, 6) is -0.425. The highest BCUT2D eigenvalue weighted by Gasteiger charge is 2.30. The van der Waals surface area contributed by atoms with Crippen molar-refractivity contribution in [2.24, 2.45) is 0 Å². The summed E-state index contributed by atoms with van der Waals surface area (Å²) in [4.78, 5) is 16.8. The first-order valence-electron chi connectivity index (χ1n) is 7.42. The number of hydrogen-bond donors (Lipinski definition) is 1. The van der Waals surface area contributed by atoms with Crippen LogP contribution in [-0.2, 0) is 12.6 Å². The molecule has 0 unspecified atom stereocenters. The molecule has 2 heterocycles. The van der Waals surface area contributed by atoms with Crippen LogP contribution in [-0.4, -0.2) is 10.9 Å². The summed E-state index contributed by atoms with van der Waals surface area (Å²) < 4.78 is 38.8. The number of hydrogen-bond acceptors (Lipinski definition) is 4. The SMILES string of the molecule is O=C(Nc1ncc(Cc2cccc(C(F)(F)F)c2)s1)c1cc[n+]([O-])cc1. The second-order valence-electron chi connectivity index (χ2n) is 5.41. The lowest BCUT2D eigenvalue weighted by molar-refractivity contribution is -0.605. The second-order valence-corrected chi connectivity index (χ2v) is 6.52. The summed E-state index contributed by atoms with van der Waals surface area (Å²) in [7, 11) is 0. The van der Waals surface area contributed by atoms with E-state index in [1.54, 1.807) is 6.07 Å². The number of carbonyl (C=O) groups excluding carboxylic acids is 1. The van der Waals surface area contributed by atoms with Gasteiger partial charge >= 0.3 is 6.18 Å². The molecule has 134 valence electrons. The third-order valence-electron chi connectivity index (χ3n) is 3.47. The molecule has 3 rings (SSSR count). The predicted octanol–water partition coefficient (Wildman–Crippen LogP) is 3.64. The zero-order valence-corrected chi connectivity index (χ0v) is 14.0. The summed E-state index contributed by atoms with van der Waals surface area (Å²) in [6.07, 6.45) is -0.192. The maximum absolute atomic E-state index is 12.8. The highest BCUT2D eigenvalue weighted by atomic mass is 32.1. The van der Waals surface area contributed by atoms with Crippen LogP contribution in [0.25, 0.3) is 0 Å². The number of thiazole rings is 1.